The van der Waals surface area contributed by atoms with Gasteiger partial charge < -0.3 is 9.84 Å². The van der Waals surface area contributed by atoms with Crippen molar-refractivity contribution >= 4 is 15.9 Å². The minimum absolute atomic E-state index is 0.223. The highest BCUT2D eigenvalue weighted by Gasteiger charge is 2.36. The van der Waals surface area contributed by atoms with Crippen molar-refractivity contribution in [2.75, 3.05) is 12.4 Å². The number of hydrogen-bond donors (Lipinski definition) is 1. The zero-order valence-electron chi connectivity index (χ0n) is 9.22. The van der Waals surface area contributed by atoms with Crippen molar-refractivity contribution < 1.29 is 9.84 Å². The lowest BCUT2D eigenvalue weighted by Gasteiger charge is -2.37. The Morgan fingerprint density at radius 2 is 1.85 bits per heavy atom. The van der Waals surface area contributed by atoms with E-state index in [0.29, 0.717) is 11.8 Å². The smallest absolute Gasteiger partial charge is 0.0794 e. The summed E-state index contributed by atoms with van der Waals surface area (Å²) in [4.78, 5) is 0. The second-order valence-electron chi connectivity index (χ2n) is 4.53. The molecule has 0 bridgehead atoms. The van der Waals surface area contributed by atoms with Crippen LogP contribution in [0.1, 0.15) is 34.1 Å². The fourth-order valence-corrected chi connectivity index (χ4v) is 2.06. The van der Waals surface area contributed by atoms with E-state index in [1.54, 1.807) is 7.11 Å². The van der Waals surface area contributed by atoms with E-state index >= 15 is 0 Å². The van der Waals surface area contributed by atoms with Gasteiger partial charge in [-0.15, -0.1) is 0 Å². The Balaban J connectivity index is 4.44. The van der Waals surface area contributed by atoms with E-state index in [4.69, 9.17) is 4.74 Å². The standard InChI is InChI=1S/C10H21BrO2/c1-8(2)10(12,7-11)6-9(3,4)13-5/h8,12H,6-7H2,1-5H3. The van der Waals surface area contributed by atoms with E-state index in [1.165, 1.54) is 0 Å². The van der Waals surface area contributed by atoms with Crippen LogP contribution in [-0.2, 0) is 4.74 Å². The van der Waals surface area contributed by atoms with Crippen LogP contribution in [0.4, 0.5) is 0 Å². The van der Waals surface area contributed by atoms with Crippen LogP contribution in [-0.4, -0.2) is 28.7 Å². The number of alkyl halides is 1. The molecule has 1 unspecified atom stereocenters. The van der Waals surface area contributed by atoms with Crippen molar-refractivity contribution in [3.63, 3.8) is 0 Å². The van der Waals surface area contributed by atoms with Gasteiger partial charge in [-0.2, -0.15) is 0 Å². The number of halogens is 1. The van der Waals surface area contributed by atoms with Gasteiger partial charge in [0.1, 0.15) is 0 Å². The molecule has 0 amide bonds. The Morgan fingerprint density at radius 3 is 2.08 bits per heavy atom. The maximum atomic E-state index is 10.2. The predicted molar refractivity (Wildman–Crippen MR) is 59.3 cm³/mol. The lowest BCUT2D eigenvalue weighted by atomic mass is 9.82. The van der Waals surface area contributed by atoms with Gasteiger partial charge in [0, 0.05) is 18.9 Å². The Bertz CT molecular complexity index is 157. The van der Waals surface area contributed by atoms with E-state index in [1.807, 2.05) is 27.7 Å². The molecule has 1 N–H and O–H groups in total. The summed E-state index contributed by atoms with van der Waals surface area (Å²) in [6.45, 7) is 8.02. The van der Waals surface area contributed by atoms with Gasteiger partial charge in [0.2, 0.25) is 0 Å². The molecule has 0 heterocycles. The third kappa shape index (κ3) is 3.96. The van der Waals surface area contributed by atoms with Crippen LogP contribution in [0.15, 0.2) is 0 Å². The third-order valence-electron chi connectivity index (χ3n) is 2.59. The van der Waals surface area contributed by atoms with Gasteiger partial charge in [0.25, 0.3) is 0 Å². The van der Waals surface area contributed by atoms with Gasteiger partial charge >= 0.3 is 0 Å². The lowest BCUT2D eigenvalue weighted by molar-refractivity contribution is -0.0757. The number of hydrogen-bond acceptors (Lipinski definition) is 2. The Kier molecular flexibility index (Phi) is 4.91. The summed E-state index contributed by atoms with van der Waals surface area (Å²) < 4.78 is 5.30. The summed E-state index contributed by atoms with van der Waals surface area (Å²) in [6.07, 6.45) is 0.638. The molecule has 0 rings (SSSR count). The van der Waals surface area contributed by atoms with Crippen LogP contribution in [0.2, 0.25) is 0 Å². The summed E-state index contributed by atoms with van der Waals surface area (Å²) in [5.74, 6) is 0.223. The largest absolute Gasteiger partial charge is 0.389 e. The highest BCUT2D eigenvalue weighted by Crippen LogP contribution is 2.30. The zero-order valence-corrected chi connectivity index (χ0v) is 10.8. The maximum absolute atomic E-state index is 10.2. The molecule has 0 aromatic heterocycles. The quantitative estimate of drug-likeness (QED) is 0.763. The van der Waals surface area contributed by atoms with Crippen molar-refractivity contribution in [2.24, 2.45) is 5.92 Å². The van der Waals surface area contributed by atoms with Gasteiger partial charge in [-0.25, -0.2) is 0 Å². The molecule has 2 nitrogen and oxygen atoms in total. The first-order valence-corrected chi connectivity index (χ1v) is 5.73. The Morgan fingerprint density at radius 1 is 1.38 bits per heavy atom. The van der Waals surface area contributed by atoms with Crippen LogP contribution in [0, 0.1) is 5.92 Å². The van der Waals surface area contributed by atoms with Crippen molar-refractivity contribution in [2.45, 2.75) is 45.3 Å². The molecule has 0 aliphatic heterocycles. The molecular formula is C10H21BrO2. The Labute approximate surface area is 89.8 Å². The number of aliphatic hydroxyl groups is 1. The van der Waals surface area contributed by atoms with Crippen LogP contribution < -0.4 is 0 Å². The van der Waals surface area contributed by atoms with Crippen molar-refractivity contribution in [3.8, 4) is 0 Å². The minimum atomic E-state index is -0.681. The Hall–Kier alpha value is 0.400. The van der Waals surface area contributed by atoms with Gasteiger partial charge in [0.15, 0.2) is 0 Å². The van der Waals surface area contributed by atoms with Crippen LogP contribution >= 0.6 is 15.9 Å². The van der Waals surface area contributed by atoms with Gasteiger partial charge in [-0.1, -0.05) is 29.8 Å². The molecule has 0 aliphatic rings. The van der Waals surface area contributed by atoms with E-state index < -0.39 is 5.60 Å². The number of rotatable bonds is 5. The monoisotopic (exact) mass is 252 g/mol. The van der Waals surface area contributed by atoms with Crippen LogP contribution in [0.5, 0.6) is 0 Å². The summed E-state index contributed by atoms with van der Waals surface area (Å²) in [5.41, 5.74) is -0.952. The molecule has 0 saturated carbocycles. The highest BCUT2D eigenvalue weighted by molar-refractivity contribution is 9.09. The molecule has 0 aliphatic carbocycles. The first-order valence-electron chi connectivity index (χ1n) is 4.61. The maximum Gasteiger partial charge on any atom is 0.0794 e. The van der Waals surface area contributed by atoms with Crippen molar-refractivity contribution in [1.82, 2.24) is 0 Å². The van der Waals surface area contributed by atoms with Crippen LogP contribution in [0.3, 0.4) is 0 Å². The molecule has 13 heavy (non-hydrogen) atoms. The summed E-state index contributed by atoms with van der Waals surface area (Å²) in [7, 11) is 1.68. The molecular weight excluding hydrogens is 232 g/mol. The minimum Gasteiger partial charge on any atom is -0.389 e. The number of methoxy groups -OCH3 is 1. The van der Waals surface area contributed by atoms with E-state index in [0.717, 1.165) is 0 Å². The molecule has 0 aromatic rings. The first kappa shape index (κ1) is 13.4. The fourth-order valence-electron chi connectivity index (χ4n) is 1.22. The van der Waals surface area contributed by atoms with Crippen LogP contribution in [0.25, 0.3) is 0 Å². The molecule has 0 radical (unpaired) electrons. The highest BCUT2D eigenvalue weighted by atomic mass is 79.9. The van der Waals surface area contributed by atoms with Crippen molar-refractivity contribution in [3.05, 3.63) is 0 Å². The summed E-state index contributed by atoms with van der Waals surface area (Å²) in [6, 6.07) is 0. The second-order valence-corrected chi connectivity index (χ2v) is 5.09. The average molecular weight is 253 g/mol. The molecule has 0 saturated heterocycles. The van der Waals surface area contributed by atoms with E-state index in [2.05, 4.69) is 15.9 Å². The molecule has 1 atom stereocenters. The molecule has 0 aromatic carbocycles. The lowest BCUT2D eigenvalue weighted by Crippen LogP contribution is -2.44. The summed E-state index contributed by atoms with van der Waals surface area (Å²) in [5, 5.41) is 10.8. The summed E-state index contributed by atoms with van der Waals surface area (Å²) >= 11 is 3.35. The predicted octanol–water partition coefficient (Wildman–Crippen LogP) is 2.58. The normalized spacial score (nSPS) is 17.5. The molecule has 0 fully saturated rings. The molecule has 3 heteroatoms. The van der Waals surface area contributed by atoms with Gasteiger partial charge in [0.05, 0.1) is 11.2 Å². The third-order valence-corrected chi connectivity index (χ3v) is 3.56. The molecule has 80 valence electrons. The zero-order chi connectivity index (χ0) is 10.7. The molecule has 0 spiro atoms. The van der Waals surface area contributed by atoms with Gasteiger partial charge in [-0.05, 0) is 19.8 Å². The second kappa shape index (κ2) is 4.76. The topological polar surface area (TPSA) is 29.5 Å². The van der Waals surface area contributed by atoms with E-state index in [9.17, 15) is 5.11 Å². The number of ether oxygens (including phenoxy) is 1. The van der Waals surface area contributed by atoms with Gasteiger partial charge in [-0.3, -0.25) is 0 Å². The average Bonchev–Trinajstić information content (AvgIpc) is 2.03. The SMILES string of the molecule is COC(C)(C)CC(O)(CBr)C(C)C. The first-order chi connectivity index (χ1) is 5.77. The van der Waals surface area contributed by atoms with Crippen molar-refractivity contribution in [1.29, 1.82) is 0 Å². The van der Waals surface area contributed by atoms with E-state index in [-0.39, 0.29) is 11.5 Å². The fraction of sp³-hybridized carbons (Fsp3) is 1.00.